The maximum Gasteiger partial charge on any atom is 0.311 e. The van der Waals surface area contributed by atoms with Crippen LogP contribution in [0.3, 0.4) is 0 Å². The first-order valence-electron chi connectivity index (χ1n) is 13.9. The van der Waals surface area contributed by atoms with Crippen LogP contribution < -0.4 is 4.74 Å². The Balaban J connectivity index is 2.00. The van der Waals surface area contributed by atoms with Crippen molar-refractivity contribution in [3.63, 3.8) is 0 Å². The van der Waals surface area contributed by atoms with Gasteiger partial charge >= 0.3 is 11.9 Å². The first-order valence-corrected chi connectivity index (χ1v) is 13.9. The maximum atomic E-state index is 13.9. The van der Waals surface area contributed by atoms with Crippen molar-refractivity contribution in [3.8, 4) is 5.75 Å². The van der Waals surface area contributed by atoms with Gasteiger partial charge in [-0.25, -0.2) is 13.2 Å². The number of unbranched alkanes of at least 4 members (excludes halogenated alkanes) is 13. The fourth-order valence-corrected chi connectivity index (χ4v) is 4.13. The molecular formula is C30H44F4O4. The van der Waals surface area contributed by atoms with Crippen LogP contribution in [-0.2, 0) is 14.3 Å². The number of rotatable bonds is 19. The normalized spacial score (nSPS) is 11.4. The van der Waals surface area contributed by atoms with Gasteiger partial charge in [-0.3, -0.25) is 9.59 Å². The summed E-state index contributed by atoms with van der Waals surface area (Å²) in [7, 11) is 0. The van der Waals surface area contributed by atoms with Crippen molar-refractivity contribution in [2.75, 3.05) is 0 Å². The Morgan fingerprint density at radius 2 is 1.00 bits per heavy atom. The second-order valence-corrected chi connectivity index (χ2v) is 10.7. The van der Waals surface area contributed by atoms with Gasteiger partial charge in [0.2, 0.25) is 11.6 Å². The number of hydrogen-bond donors (Lipinski definition) is 0. The lowest BCUT2D eigenvalue weighted by atomic mass is 10.0. The third kappa shape index (κ3) is 13.4. The molecule has 38 heavy (non-hydrogen) atoms. The fourth-order valence-electron chi connectivity index (χ4n) is 4.13. The molecule has 0 saturated heterocycles. The molecule has 8 heteroatoms. The lowest BCUT2D eigenvalue weighted by Crippen LogP contribution is -2.23. The summed E-state index contributed by atoms with van der Waals surface area (Å²) < 4.78 is 64.5. The van der Waals surface area contributed by atoms with Gasteiger partial charge in [0.1, 0.15) is 5.60 Å². The molecule has 216 valence electrons. The molecule has 0 aliphatic heterocycles. The Bertz CT molecular complexity index is 893. The molecule has 0 amide bonds. The van der Waals surface area contributed by atoms with Crippen LogP contribution in [0, 0.1) is 23.3 Å². The summed E-state index contributed by atoms with van der Waals surface area (Å²) in [5.41, 5.74) is -1.13. The van der Waals surface area contributed by atoms with Gasteiger partial charge in [0, 0.05) is 12.8 Å². The molecule has 0 N–H and O–H groups in total. The van der Waals surface area contributed by atoms with E-state index >= 15 is 0 Å². The smallest absolute Gasteiger partial charge is 0.311 e. The number of benzene rings is 1. The number of ether oxygens (including phenoxy) is 2. The van der Waals surface area contributed by atoms with Crippen molar-refractivity contribution in [3.05, 3.63) is 35.4 Å². The van der Waals surface area contributed by atoms with Crippen LogP contribution in [0.25, 0.3) is 6.08 Å². The first kappa shape index (κ1) is 33.6. The zero-order valence-corrected chi connectivity index (χ0v) is 23.2. The van der Waals surface area contributed by atoms with Crippen molar-refractivity contribution in [1.29, 1.82) is 0 Å². The van der Waals surface area contributed by atoms with E-state index in [1.165, 1.54) is 38.5 Å². The van der Waals surface area contributed by atoms with Crippen molar-refractivity contribution in [2.45, 2.75) is 129 Å². The molecule has 1 aromatic rings. The maximum absolute atomic E-state index is 13.9. The van der Waals surface area contributed by atoms with E-state index in [0.717, 1.165) is 51.0 Å². The predicted octanol–water partition coefficient (Wildman–Crippen LogP) is 9.37. The van der Waals surface area contributed by atoms with Gasteiger partial charge in [0.05, 0.1) is 5.56 Å². The Morgan fingerprint density at radius 3 is 1.39 bits per heavy atom. The molecule has 4 nitrogen and oxygen atoms in total. The molecule has 0 spiro atoms. The van der Waals surface area contributed by atoms with Gasteiger partial charge in [-0.15, -0.1) is 0 Å². The number of carbonyl (C=O) groups is 2. The van der Waals surface area contributed by atoms with Crippen LogP contribution in [0.2, 0.25) is 0 Å². The van der Waals surface area contributed by atoms with Gasteiger partial charge in [-0.1, -0.05) is 89.7 Å². The van der Waals surface area contributed by atoms with Crippen LogP contribution in [0.5, 0.6) is 5.75 Å². The first-order chi connectivity index (χ1) is 18.0. The van der Waals surface area contributed by atoms with Gasteiger partial charge in [-0.2, -0.15) is 4.39 Å². The minimum Gasteiger partial charge on any atom is -0.460 e. The highest BCUT2D eigenvalue weighted by Crippen LogP contribution is 2.31. The van der Waals surface area contributed by atoms with Gasteiger partial charge in [-0.05, 0) is 33.6 Å². The number of carbonyl (C=O) groups excluding carboxylic acids is 2. The van der Waals surface area contributed by atoms with E-state index in [1.54, 1.807) is 0 Å². The minimum atomic E-state index is -2.02. The molecule has 0 aliphatic rings. The van der Waals surface area contributed by atoms with Crippen LogP contribution in [0.4, 0.5) is 17.6 Å². The third-order valence-electron chi connectivity index (χ3n) is 6.11. The van der Waals surface area contributed by atoms with Crippen LogP contribution in [0.1, 0.15) is 129 Å². The van der Waals surface area contributed by atoms with Gasteiger partial charge < -0.3 is 9.47 Å². The fraction of sp³-hybridized carbons (Fsp3) is 0.667. The highest BCUT2D eigenvalue weighted by Gasteiger charge is 2.26. The van der Waals surface area contributed by atoms with E-state index in [-0.39, 0.29) is 12.4 Å². The van der Waals surface area contributed by atoms with E-state index in [1.807, 2.05) is 20.8 Å². The molecule has 0 fully saturated rings. The average molecular weight is 545 g/mol. The zero-order chi connectivity index (χ0) is 28.6. The van der Waals surface area contributed by atoms with Crippen molar-refractivity contribution in [2.24, 2.45) is 0 Å². The third-order valence-corrected chi connectivity index (χ3v) is 6.11. The minimum absolute atomic E-state index is 0.0301. The van der Waals surface area contributed by atoms with Crippen molar-refractivity contribution in [1.82, 2.24) is 0 Å². The van der Waals surface area contributed by atoms with Crippen LogP contribution in [-0.4, -0.2) is 17.5 Å². The summed E-state index contributed by atoms with van der Waals surface area (Å²) in [4.78, 5) is 23.6. The lowest BCUT2D eigenvalue weighted by molar-refractivity contribution is -0.155. The molecule has 0 heterocycles. The van der Waals surface area contributed by atoms with Crippen molar-refractivity contribution < 1.29 is 36.6 Å². The summed E-state index contributed by atoms with van der Waals surface area (Å²) in [5, 5.41) is 0. The molecule has 0 bridgehead atoms. The summed E-state index contributed by atoms with van der Waals surface area (Å²) >= 11 is 0. The second-order valence-electron chi connectivity index (χ2n) is 10.7. The van der Waals surface area contributed by atoms with E-state index in [4.69, 9.17) is 9.47 Å². The Morgan fingerprint density at radius 1 is 0.632 bits per heavy atom. The summed E-state index contributed by atoms with van der Waals surface area (Å²) in [6, 6.07) is 0. The average Bonchev–Trinajstić information content (AvgIpc) is 2.84. The summed E-state index contributed by atoms with van der Waals surface area (Å²) in [6.45, 7) is 8.87. The number of halogens is 4. The summed E-state index contributed by atoms with van der Waals surface area (Å²) in [5.74, 6) is -9.31. The monoisotopic (exact) mass is 544 g/mol. The number of esters is 2. The van der Waals surface area contributed by atoms with E-state index in [2.05, 4.69) is 6.58 Å². The molecule has 0 unspecified atom stereocenters. The quantitative estimate of drug-likeness (QED) is 0.0435. The van der Waals surface area contributed by atoms with Crippen LogP contribution in [0.15, 0.2) is 6.58 Å². The van der Waals surface area contributed by atoms with Gasteiger partial charge in [0.25, 0.3) is 0 Å². The number of hydrogen-bond acceptors (Lipinski definition) is 4. The molecule has 0 aromatic heterocycles. The lowest BCUT2D eigenvalue weighted by Gasteiger charge is -2.19. The molecule has 1 aromatic carbocycles. The molecule has 0 atom stereocenters. The Labute approximate surface area is 225 Å². The SMILES string of the molecule is C=Cc1c(F)c(F)c(F)c(F)c1OC(=O)CCCCCCCCCCCCCCCCC(=O)OC(C)(C)C. The van der Waals surface area contributed by atoms with E-state index in [0.29, 0.717) is 12.8 Å². The Kier molecular flexibility index (Phi) is 15.9. The van der Waals surface area contributed by atoms with E-state index in [9.17, 15) is 27.2 Å². The largest absolute Gasteiger partial charge is 0.460 e. The predicted molar refractivity (Wildman–Crippen MR) is 142 cm³/mol. The highest BCUT2D eigenvalue weighted by molar-refractivity contribution is 5.74. The zero-order valence-electron chi connectivity index (χ0n) is 23.2. The topological polar surface area (TPSA) is 52.6 Å². The molecule has 0 radical (unpaired) electrons. The molecule has 1 rings (SSSR count). The van der Waals surface area contributed by atoms with Crippen molar-refractivity contribution >= 4 is 18.0 Å². The van der Waals surface area contributed by atoms with Crippen LogP contribution >= 0.6 is 0 Å². The molecular weight excluding hydrogens is 500 g/mol. The highest BCUT2D eigenvalue weighted by atomic mass is 19.2. The van der Waals surface area contributed by atoms with E-state index < -0.39 is 46.2 Å². The van der Waals surface area contributed by atoms with Gasteiger partial charge in [0.15, 0.2) is 17.4 Å². The molecule has 0 saturated carbocycles. The summed E-state index contributed by atoms with van der Waals surface area (Å²) in [6.07, 6.45) is 16.0. The second kappa shape index (κ2) is 18.0. The Hall–Kier alpha value is -2.38. The standard InChI is InChI=1S/C30H44F4O4/c1-5-22-25(31)26(32)27(33)28(34)29(22)37-23(35)20-18-16-14-12-10-8-6-7-9-11-13-15-17-19-21-24(36)38-30(2,3)4/h5H,1,6-21H2,2-4H3. The molecule has 0 aliphatic carbocycles.